The van der Waals surface area contributed by atoms with Gasteiger partial charge in [0, 0.05) is 15.7 Å². The van der Waals surface area contributed by atoms with E-state index in [0.29, 0.717) is 21.6 Å². The first-order valence-electron chi connectivity index (χ1n) is 5.00. The second-order valence-electron chi connectivity index (χ2n) is 3.64. The molecular formula is C12H10BrFN2O. The molecule has 0 radical (unpaired) electrons. The van der Waals surface area contributed by atoms with Crippen LogP contribution in [0, 0.1) is 12.7 Å². The lowest BCUT2D eigenvalue weighted by atomic mass is 10.2. The lowest BCUT2D eigenvalue weighted by Crippen LogP contribution is -1.98. The van der Waals surface area contributed by atoms with Gasteiger partial charge in [0.15, 0.2) is 5.82 Å². The van der Waals surface area contributed by atoms with Crippen LogP contribution in [0.1, 0.15) is 11.4 Å². The second-order valence-corrected chi connectivity index (χ2v) is 4.56. The Labute approximate surface area is 106 Å². The van der Waals surface area contributed by atoms with E-state index in [9.17, 15) is 4.39 Å². The maximum Gasteiger partial charge on any atom is 0.159 e. The normalized spacial score (nSPS) is 10.6. The summed E-state index contributed by atoms with van der Waals surface area (Å²) in [5.74, 6) is 0.0549. The molecule has 2 aromatic rings. The number of nitrogens with zero attached hydrogens (tertiary/aromatic N) is 2. The maximum atomic E-state index is 13.3. The summed E-state index contributed by atoms with van der Waals surface area (Å²) < 4.78 is 13.9. The number of hydrogen-bond donors (Lipinski definition) is 1. The minimum Gasteiger partial charge on any atom is -0.390 e. The Morgan fingerprint density at radius 1 is 1.24 bits per heavy atom. The molecule has 0 atom stereocenters. The number of aliphatic hydroxyl groups excluding tert-OH is 1. The van der Waals surface area contributed by atoms with E-state index in [4.69, 9.17) is 5.11 Å². The second kappa shape index (κ2) is 4.89. The van der Waals surface area contributed by atoms with Gasteiger partial charge in [-0.05, 0) is 31.2 Å². The van der Waals surface area contributed by atoms with Crippen molar-refractivity contribution in [1.82, 2.24) is 9.97 Å². The molecule has 0 aliphatic heterocycles. The highest BCUT2D eigenvalue weighted by Gasteiger charge is 2.07. The van der Waals surface area contributed by atoms with E-state index in [1.807, 2.05) is 0 Å². The van der Waals surface area contributed by atoms with Crippen LogP contribution in [0.5, 0.6) is 0 Å². The average molecular weight is 297 g/mol. The minimum absolute atomic E-state index is 0.160. The Morgan fingerprint density at radius 3 is 2.65 bits per heavy atom. The van der Waals surface area contributed by atoms with Gasteiger partial charge < -0.3 is 5.11 Å². The predicted molar refractivity (Wildman–Crippen MR) is 65.8 cm³/mol. The van der Waals surface area contributed by atoms with Crippen LogP contribution in [-0.4, -0.2) is 15.1 Å². The highest BCUT2D eigenvalue weighted by Crippen LogP contribution is 2.22. The van der Waals surface area contributed by atoms with Gasteiger partial charge in [0.25, 0.3) is 0 Å². The number of aryl methyl sites for hydroxylation is 1. The summed E-state index contributed by atoms with van der Waals surface area (Å²) in [5.41, 5.74) is 1.84. The molecule has 0 aliphatic carbocycles. The molecule has 88 valence electrons. The van der Waals surface area contributed by atoms with E-state index in [2.05, 4.69) is 25.9 Å². The third-order valence-electron chi connectivity index (χ3n) is 2.19. The van der Waals surface area contributed by atoms with Gasteiger partial charge >= 0.3 is 0 Å². The zero-order chi connectivity index (χ0) is 12.4. The molecule has 0 unspecified atom stereocenters. The maximum absolute atomic E-state index is 13.3. The van der Waals surface area contributed by atoms with E-state index in [1.165, 1.54) is 12.1 Å². The van der Waals surface area contributed by atoms with Crippen molar-refractivity contribution in [3.63, 3.8) is 0 Å². The molecule has 3 nitrogen and oxygen atoms in total. The molecule has 1 heterocycles. The van der Waals surface area contributed by atoms with Crippen molar-refractivity contribution in [3.8, 4) is 11.4 Å². The zero-order valence-corrected chi connectivity index (χ0v) is 10.7. The Balaban J connectivity index is 2.55. The molecule has 0 saturated heterocycles. The van der Waals surface area contributed by atoms with Crippen LogP contribution >= 0.6 is 15.9 Å². The molecule has 1 aromatic heterocycles. The molecule has 17 heavy (non-hydrogen) atoms. The minimum atomic E-state index is -0.356. The van der Waals surface area contributed by atoms with E-state index < -0.39 is 0 Å². The molecule has 5 heteroatoms. The van der Waals surface area contributed by atoms with Crippen molar-refractivity contribution in [2.75, 3.05) is 0 Å². The van der Waals surface area contributed by atoms with E-state index >= 15 is 0 Å². The van der Waals surface area contributed by atoms with Crippen molar-refractivity contribution >= 4 is 15.9 Å². The van der Waals surface area contributed by atoms with Crippen LogP contribution in [-0.2, 0) is 6.61 Å². The third kappa shape index (κ3) is 2.87. The van der Waals surface area contributed by atoms with E-state index in [1.54, 1.807) is 19.1 Å². The van der Waals surface area contributed by atoms with Crippen LogP contribution in [0.25, 0.3) is 11.4 Å². The zero-order valence-electron chi connectivity index (χ0n) is 9.11. The SMILES string of the molecule is Cc1cc(CO)nc(-c2cc(F)cc(Br)c2)n1. The Morgan fingerprint density at radius 2 is 2.00 bits per heavy atom. The van der Waals surface area contributed by atoms with Gasteiger partial charge in [-0.1, -0.05) is 15.9 Å². The number of halogens is 2. The lowest BCUT2D eigenvalue weighted by molar-refractivity contribution is 0.276. The fourth-order valence-corrected chi connectivity index (χ4v) is 1.99. The third-order valence-corrected chi connectivity index (χ3v) is 2.65. The fraction of sp³-hybridized carbons (Fsp3) is 0.167. The van der Waals surface area contributed by atoms with Crippen molar-refractivity contribution in [2.45, 2.75) is 13.5 Å². The molecule has 0 bridgehead atoms. The lowest BCUT2D eigenvalue weighted by Gasteiger charge is -2.05. The van der Waals surface area contributed by atoms with Crippen molar-refractivity contribution in [2.24, 2.45) is 0 Å². The first kappa shape index (κ1) is 12.1. The highest BCUT2D eigenvalue weighted by molar-refractivity contribution is 9.10. The molecular weight excluding hydrogens is 287 g/mol. The number of hydrogen-bond acceptors (Lipinski definition) is 3. The summed E-state index contributed by atoms with van der Waals surface area (Å²) in [5, 5.41) is 9.07. The first-order valence-corrected chi connectivity index (χ1v) is 5.79. The molecule has 0 fully saturated rings. The quantitative estimate of drug-likeness (QED) is 0.927. The average Bonchev–Trinajstić information content (AvgIpc) is 2.26. The molecule has 0 spiro atoms. The molecule has 0 amide bonds. The van der Waals surface area contributed by atoms with Crippen molar-refractivity contribution in [1.29, 1.82) is 0 Å². The van der Waals surface area contributed by atoms with Crippen LogP contribution in [0.2, 0.25) is 0 Å². The fourth-order valence-electron chi connectivity index (χ4n) is 1.53. The Bertz CT molecular complexity index is 540. The first-order chi connectivity index (χ1) is 8.08. The number of aliphatic hydroxyl groups is 1. The summed E-state index contributed by atoms with van der Waals surface area (Å²) in [6.45, 7) is 1.64. The van der Waals surface area contributed by atoms with E-state index in [0.717, 1.165) is 5.69 Å². The Kier molecular flexibility index (Phi) is 3.49. The van der Waals surface area contributed by atoms with Gasteiger partial charge in [0.1, 0.15) is 5.82 Å². The van der Waals surface area contributed by atoms with Crippen LogP contribution < -0.4 is 0 Å². The van der Waals surface area contributed by atoms with Gasteiger partial charge in [-0.2, -0.15) is 0 Å². The van der Waals surface area contributed by atoms with Crippen LogP contribution in [0.4, 0.5) is 4.39 Å². The van der Waals surface area contributed by atoms with E-state index in [-0.39, 0.29) is 12.4 Å². The summed E-state index contributed by atoms with van der Waals surface area (Å²) in [4.78, 5) is 8.38. The van der Waals surface area contributed by atoms with Crippen molar-refractivity contribution < 1.29 is 9.50 Å². The largest absolute Gasteiger partial charge is 0.390 e. The molecule has 2 rings (SSSR count). The van der Waals surface area contributed by atoms with Gasteiger partial charge in [0.05, 0.1) is 12.3 Å². The molecule has 0 aliphatic rings. The predicted octanol–water partition coefficient (Wildman–Crippen LogP) is 2.85. The Hall–Kier alpha value is -1.33. The smallest absolute Gasteiger partial charge is 0.159 e. The highest BCUT2D eigenvalue weighted by atomic mass is 79.9. The van der Waals surface area contributed by atoms with Crippen LogP contribution in [0.3, 0.4) is 0 Å². The van der Waals surface area contributed by atoms with Crippen LogP contribution in [0.15, 0.2) is 28.7 Å². The standard InChI is InChI=1S/C12H10BrFN2O/c1-7-2-11(6-17)16-12(15-7)8-3-9(13)5-10(14)4-8/h2-5,17H,6H2,1H3. The summed E-state index contributed by atoms with van der Waals surface area (Å²) in [6.07, 6.45) is 0. The molecule has 0 saturated carbocycles. The van der Waals surface area contributed by atoms with Gasteiger partial charge in [-0.3, -0.25) is 0 Å². The monoisotopic (exact) mass is 296 g/mol. The number of rotatable bonds is 2. The number of aromatic nitrogens is 2. The summed E-state index contributed by atoms with van der Waals surface area (Å²) in [7, 11) is 0. The van der Waals surface area contributed by atoms with Gasteiger partial charge in [-0.25, -0.2) is 14.4 Å². The summed E-state index contributed by atoms with van der Waals surface area (Å²) in [6, 6.07) is 6.16. The topological polar surface area (TPSA) is 46.0 Å². The summed E-state index contributed by atoms with van der Waals surface area (Å²) >= 11 is 3.22. The van der Waals surface area contributed by atoms with Gasteiger partial charge in [0.2, 0.25) is 0 Å². The van der Waals surface area contributed by atoms with Gasteiger partial charge in [-0.15, -0.1) is 0 Å². The number of benzene rings is 1. The molecule has 1 N–H and O–H groups in total. The molecule has 1 aromatic carbocycles. The van der Waals surface area contributed by atoms with Crippen molar-refractivity contribution in [3.05, 3.63) is 45.9 Å².